The van der Waals surface area contributed by atoms with Crippen LogP contribution in [0.15, 0.2) is 0 Å². The van der Waals surface area contributed by atoms with Crippen LogP contribution >= 0.6 is 12.2 Å². The third kappa shape index (κ3) is 7.24. The van der Waals surface area contributed by atoms with Crippen LogP contribution in [0, 0.1) is 0 Å². The van der Waals surface area contributed by atoms with E-state index in [1.807, 2.05) is 0 Å². The molecule has 5 nitrogen and oxygen atoms in total. The van der Waals surface area contributed by atoms with Gasteiger partial charge in [-0.2, -0.15) is 0 Å². The molecule has 6 heteroatoms. The Morgan fingerprint density at radius 1 is 1.27 bits per heavy atom. The van der Waals surface area contributed by atoms with E-state index in [1.165, 1.54) is 0 Å². The Balaban J connectivity index is 4.07. The van der Waals surface area contributed by atoms with Crippen LogP contribution in [0.5, 0.6) is 0 Å². The molecule has 0 fully saturated rings. The van der Waals surface area contributed by atoms with Crippen molar-refractivity contribution in [1.29, 1.82) is 0 Å². The summed E-state index contributed by atoms with van der Waals surface area (Å²) in [5.41, 5.74) is 5.31. The topological polar surface area (TPSA) is 64.8 Å². The molecule has 0 saturated heterocycles. The van der Waals surface area contributed by atoms with Crippen LogP contribution in [0.4, 0.5) is 0 Å². The predicted molar refractivity (Wildman–Crippen MR) is 61.7 cm³/mol. The lowest BCUT2D eigenvalue weighted by Crippen LogP contribution is -2.38. The van der Waals surface area contributed by atoms with Crippen LogP contribution in [0.3, 0.4) is 0 Å². The lowest BCUT2D eigenvalue weighted by Gasteiger charge is -2.21. The van der Waals surface area contributed by atoms with E-state index < -0.39 is 0 Å². The number of methoxy groups -OCH3 is 2. The number of rotatable bonds is 8. The summed E-state index contributed by atoms with van der Waals surface area (Å²) in [5.74, 6) is -0.0865. The van der Waals surface area contributed by atoms with Crippen molar-refractivity contribution in [2.24, 2.45) is 5.73 Å². The highest BCUT2D eigenvalue weighted by atomic mass is 32.1. The van der Waals surface area contributed by atoms with Gasteiger partial charge in [0.2, 0.25) is 5.91 Å². The van der Waals surface area contributed by atoms with E-state index in [0.717, 1.165) is 0 Å². The first-order valence-electron chi connectivity index (χ1n) is 4.65. The van der Waals surface area contributed by atoms with Crippen LogP contribution in [0.25, 0.3) is 0 Å². The molecule has 0 aromatic rings. The maximum absolute atomic E-state index is 11.6. The van der Waals surface area contributed by atoms with Crippen LogP contribution in [0.2, 0.25) is 0 Å². The molecule has 0 aromatic carbocycles. The summed E-state index contributed by atoms with van der Waals surface area (Å²) in [7, 11) is 3.18. The molecule has 0 heterocycles. The zero-order valence-corrected chi connectivity index (χ0v) is 10.0. The number of hydrogen-bond acceptors (Lipinski definition) is 4. The van der Waals surface area contributed by atoms with Crippen molar-refractivity contribution in [1.82, 2.24) is 4.90 Å². The van der Waals surface area contributed by atoms with E-state index in [9.17, 15) is 4.79 Å². The van der Waals surface area contributed by atoms with Gasteiger partial charge >= 0.3 is 0 Å². The number of thiocarbonyl (C=S) groups is 1. The molecule has 0 radical (unpaired) electrons. The van der Waals surface area contributed by atoms with Gasteiger partial charge in [-0.25, -0.2) is 0 Å². The van der Waals surface area contributed by atoms with Crippen molar-refractivity contribution in [2.45, 2.75) is 6.42 Å². The number of nitrogens with two attached hydrogens (primary N) is 1. The van der Waals surface area contributed by atoms with Crippen LogP contribution in [-0.4, -0.2) is 56.3 Å². The minimum absolute atomic E-state index is 0.0865. The number of nitrogens with zero attached hydrogens (tertiary/aromatic N) is 1. The summed E-state index contributed by atoms with van der Waals surface area (Å²) in [5, 5.41) is 0. The largest absolute Gasteiger partial charge is 0.393 e. The Labute approximate surface area is 95.5 Å². The predicted octanol–water partition coefficient (Wildman–Crippen LogP) is -0.216. The lowest BCUT2D eigenvalue weighted by molar-refractivity contribution is -0.131. The van der Waals surface area contributed by atoms with Gasteiger partial charge in [0.15, 0.2) is 0 Å². The summed E-state index contributed by atoms with van der Waals surface area (Å²) in [6, 6.07) is 0. The molecule has 1 amide bonds. The van der Waals surface area contributed by atoms with E-state index in [4.69, 9.17) is 15.2 Å². The average Bonchev–Trinajstić information content (AvgIpc) is 2.17. The second-order valence-electron chi connectivity index (χ2n) is 3.01. The zero-order chi connectivity index (χ0) is 11.7. The Morgan fingerprint density at radius 2 is 1.73 bits per heavy atom. The monoisotopic (exact) mass is 234 g/mol. The van der Waals surface area contributed by atoms with E-state index in [2.05, 4.69) is 12.2 Å². The first-order valence-corrected chi connectivity index (χ1v) is 5.06. The fraction of sp³-hybridized carbons (Fsp3) is 0.778. The van der Waals surface area contributed by atoms with Crippen molar-refractivity contribution in [3.05, 3.63) is 0 Å². The van der Waals surface area contributed by atoms with Gasteiger partial charge in [-0.1, -0.05) is 12.2 Å². The Bertz CT molecular complexity index is 204. The minimum atomic E-state index is -0.0865. The summed E-state index contributed by atoms with van der Waals surface area (Å²) in [4.78, 5) is 13.5. The van der Waals surface area contributed by atoms with Gasteiger partial charge in [-0.15, -0.1) is 0 Å². The van der Waals surface area contributed by atoms with Gasteiger partial charge < -0.3 is 20.1 Å². The molecule has 0 aliphatic heterocycles. The van der Waals surface area contributed by atoms with E-state index in [1.54, 1.807) is 19.1 Å². The Hall–Kier alpha value is -0.720. The van der Waals surface area contributed by atoms with Crippen molar-refractivity contribution < 1.29 is 14.3 Å². The lowest BCUT2D eigenvalue weighted by atomic mass is 10.3. The molecule has 0 saturated carbocycles. The molecule has 0 rings (SSSR count). The highest BCUT2D eigenvalue weighted by Crippen LogP contribution is 1.95. The standard InChI is InChI=1S/C9H18N2O3S/c1-13-5-3-11(4-6-14-2)9(12)7-8(10)15/h3-7H2,1-2H3,(H2,10,15). The Kier molecular flexibility index (Phi) is 8.17. The minimum Gasteiger partial charge on any atom is -0.393 e. The van der Waals surface area contributed by atoms with Crippen molar-refractivity contribution >= 4 is 23.1 Å². The molecular formula is C9H18N2O3S. The van der Waals surface area contributed by atoms with Crippen LogP contribution in [0.1, 0.15) is 6.42 Å². The van der Waals surface area contributed by atoms with Crippen molar-refractivity contribution in [3.63, 3.8) is 0 Å². The van der Waals surface area contributed by atoms with E-state index >= 15 is 0 Å². The van der Waals surface area contributed by atoms with Gasteiger partial charge in [0.1, 0.15) is 0 Å². The van der Waals surface area contributed by atoms with E-state index in [0.29, 0.717) is 26.3 Å². The van der Waals surface area contributed by atoms with Gasteiger partial charge in [-0.05, 0) is 0 Å². The number of carbonyl (C=O) groups excluding carboxylic acids is 1. The zero-order valence-electron chi connectivity index (χ0n) is 9.19. The van der Waals surface area contributed by atoms with Gasteiger partial charge in [-0.3, -0.25) is 4.79 Å². The number of hydrogen-bond donors (Lipinski definition) is 1. The fourth-order valence-corrected chi connectivity index (χ4v) is 1.15. The van der Waals surface area contributed by atoms with Gasteiger partial charge in [0.25, 0.3) is 0 Å². The maximum Gasteiger partial charge on any atom is 0.229 e. The summed E-state index contributed by atoms with van der Waals surface area (Å²) in [6.07, 6.45) is 0.1000. The molecule has 0 aliphatic carbocycles. The number of carbonyl (C=O) groups is 1. The molecule has 15 heavy (non-hydrogen) atoms. The Morgan fingerprint density at radius 3 is 2.07 bits per heavy atom. The molecule has 88 valence electrons. The third-order valence-corrected chi connectivity index (χ3v) is 1.95. The highest BCUT2D eigenvalue weighted by molar-refractivity contribution is 7.80. The third-order valence-electron chi connectivity index (χ3n) is 1.81. The second kappa shape index (κ2) is 8.58. The summed E-state index contributed by atoms with van der Waals surface area (Å²) in [6.45, 7) is 2.04. The molecule has 0 aliphatic rings. The molecular weight excluding hydrogens is 216 g/mol. The second-order valence-corrected chi connectivity index (χ2v) is 3.53. The smallest absolute Gasteiger partial charge is 0.229 e. The first kappa shape index (κ1) is 14.3. The molecule has 0 spiro atoms. The van der Waals surface area contributed by atoms with Gasteiger partial charge in [0, 0.05) is 27.3 Å². The average molecular weight is 234 g/mol. The van der Waals surface area contributed by atoms with Crippen molar-refractivity contribution in [2.75, 3.05) is 40.5 Å². The van der Waals surface area contributed by atoms with Crippen LogP contribution in [-0.2, 0) is 14.3 Å². The van der Waals surface area contributed by atoms with Gasteiger partial charge in [0.05, 0.1) is 24.6 Å². The highest BCUT2D eigenvalue weighted by Gasteiger charge is 2.13. The molecule has 0 aromatic heterocycles. The fourth-order valence-electron chi connectivity index (χ4n) is 1.03. The SMILES string of the molecule is COCCN(CCOC)C(=O)CC(N)=S. The van der Waals surface area contributed by atoms with E-state index in [-0.39, 0.29) is 17.3 Å². The molecule has 2 N–H and O–H groups in total. The normalized spacial score (nSPS) is 10.0. The molecule has 0 bridgehead atoms. The molecule has 0 unspecified atom stereocenters. The maximum atomic E-state index is 11.6. The summed E-state index contributed by atoms with van der Waals surface area (Å²) >= 11 is 4.68. The quantitative estimate of drug-likeness (QED) is 0.588. The number of ether oxygens (including phenoxy) is 2. The number of amides is 1. The first-order chi connectivity index (χ1) is 7.11. The molecule has 0 atom stereocenters. The summed E-state index contributed by atoms with van der Waals surface area (Å²) < 4.78 is 9.82. The van der Waals surface area contributed by atoms with Crippen LogP contribution < -0.4 is 5.73 Å². The van der Waals surface area contributed by atoms with Crippen molar-refractivity contribution in [3.8, 4) is 0 Å².